The van der Waals surface area contributed by atoms with Crippen molar-refractivity contribution in [3.8, 4) is 5.75 Å². The van der Waals surface area contributed by atoms with Crippen molar-refractivity contribution in [2.24, 2.45) is 0 Å². The Kier molecular flexibility index (Phi) is 4.07. The summed E-state index contributed by atoms with van der Waals surface area (Å²) in [5.74, 6) is -0.829. The molecule has 0 saturated heterocycles. The van der Waals surface area contributed by atoms with Crippen LogP contribution in [0, 0.1) is 6.92 Å². The van der Waals surface area contributed by atoms with Gasteiger partial charge in [0.1, 0.15) is 18.9 Å². The second kappa shape index (κ2) is 6.19. The Labute approximate surface area is 137 Å². The fourth-order valence-corrected chi connectivity index (χ4v) is 2.60. The van der Waals surface area contributed by atoms with E-state index in [4.69, 9.17) is 9.84 Å². The molecule has 1 amide bonds. The number of carbonyl (C=O) groups is 2. The maximum Gasteiger partial charge on any atom is 0.337 e. The number of aromatic carboxylic acids is 1. The highest BCUT2D eigenvalue weighted by atomic mass is 16.5. The first-order chi connectivity index (χ1) is 11.5. The average molecular weight is 328 g/mol. The van der Waals surface area contributed by atoms with Crippen LogP contribution in [0.15, 0.2) is 41.3 Å². The van der Waals surface area contributed by atoms with Gasteiger partial charge in [0.05, 0.1) is 17.8 Å². The van der Waals surface area contributed by atoms with E-state index >= 15 is 0 Å². The second-order valence-electron chi connectivity index (χ2n) is 5.55. The molecule has 0 unspecified atom stereocenters. The molecule has 1 N–H and O–H groups in total. The number of aromatic nitrogens is 1. The van der Waals surface area contributed by atoms with Crippen molar-refractivity contribution in [3.63, 3.8) is 0 Å². The normalized spacial score (nSPS) is 13.1. The molecule has 0 saturated carbocycles. The molecule has 0 radical (unpaired) electrons. The quantitative estimate of drug-likeness (QED) is 0.917. The molecule has 0 fully saturated rings. The molecule has 0 bridgehead atoms. The Balaban J connectivity index is 1.90. The zero-order valence-corrected chi connectivity index (χ0v) is 13.1. The van der Waals surface area contributed by atoms with Gasteiger partial charge in [-0.25, -0.2) is 4.79 Å². The van der Waals surface area contributed by atoms with E-state index in [-0.39, 0.29) is 18.0 Å². The number of carbonyl (C=O) groups excluding carboxylic acids is 1. The average Bonchev–Trinajstić information content (AvgIpc) is 2.55. The van der Waals surface area contributed by atoms with Gasteiger partial charge in [-0.3, -0.25) is 9.59 Å². The van der Waals surface area contributed by atoms with E-state index in [0.717, 1.165) is 16.2 Å². The molecule has 1 aromatic carbocycles. The van der Waals surface area contributed by atoms with Gasteiger partial charge in [-0.2, -0.15) is 0 Å². The number of amides is 1. The van der Waals surface area contributed by atoms with E-state index in [1.165, 1.54) is 12.3 Å². The summed E-state index contributed by atoms with van der Waals surface area (Å²) < 4.78 is 6.65. The first-order valence-corrected chi connectivity index (χ1v) is 7.43. The summed E-state index contributed by atoms with van der Waals surface area (Å²) in [5.41, 5.74) is 1.18. The Morgan fingerprint density at radius 1 is 1.25 bits per heavy atom. The number of rotatable bonds is 3. The predicted octanol–water partition coefficient (Wildman–Crippen LogP) is 1.28. The molecule has 3 rings (SSSR count). The molecule has 2 aromatic rings. The van der Waals surface area contributed by atoms with Gasteiger partial charge in [0.25, 0.3) is 5.56 Å². The molecule has 0 aliphatic carbocycles. The number of hydrogen-bond donors (Lipinski definition) is 1. The van der Waals surface area contributed by atoms with Gasteiger partial charge in [0.2, 0.25) is 5.91 Å². The van der Waals surface area contributed by atoms with Crippen LogP contribution in [0.1, 0.15) is 15.9 Å². The van der Waals surface area contributed by atoms with Crippen molar-refractivity contribution in [2.75, 3.05) is 18.1 Å². The molecule has 7 heteroatoms. The van der Waals surface area contributed by atoms with E-state index in [1.54, 1.807) is 11.0 Å². The number of carboxylic acid groups (broad SMARTS) is 1. The molecule has 2 heterocycles. The highest BCUT2D eigenvalue weighted by Crippen LogP contribution is 2.32. The lowest BCUT2D eigenvalue weighted by atomic mass is 10.1. The van der Waals surface area contributed by atoms with Crippen LogP contribution in [0.4, 0.5) is 5.69 Å². The third-order valence-electron chi connectivity index (χ3n) is 3.81. The lowest BCUT2D eigenvalue weighted by molar-refractivity contribution is -0.119. The Morgan fingerprint density at radius 2 is 2.04 bits per heavy atom. The lowest BCUT2D eigenvalue weighted by Gasteiger charge is -2.30. The van der Waals surface area contributed by atoms with Gasteiger partial charge in [-0.15, -0.1) is 0 Å². The molecular formula is C17H16N2O5. The summed E-state index contributed by atoms with van der Waals surface area (Å²) in [7, 11) is 0. The van der Waals surface area contributed by atoms with E-state index < -0.39 is 11.5 Å². The number of aryl methyl sites for hydroxylation is 1. The van der Waals surface area contributed by atoms with Crippen molar-refractivity contribution in [2.45, 2.75) is 13.5 Å². The molecule has 124 valence electrons. The summed E-state index contributed by atoms with van der Waals surface area (Å²) in [4.78, 5) is 37.1. The van der Waals surface area contributed by atoms with E-state index in [2.05, 4.69) is 0 Å². The van der Waals surface area contributed by atoms with Gasteiger partial charge >= 0.3 is 5.97 Å². The van der Waals surface area contributed by atoms with Gasteiger partial charge in [0.15, 0.2) is 0 Å². The number of nitrogens with zero attached hydrogens (tertiary/aromatic N) is 2. The van der Waals surface area contributed by atoms with Crippen LogP contribution in [-0.2, 0) is 11.3 Å². The molecule has 1 aliphatic heterocycles. The van der Waals surface area contributed by atoms with E-state index in [1.807, 2.05) is 19.1 Å². The Morgan fingerprint density at radius 3 is 2.79 bits per heavy atom. The zero-order chi connectivity index (χ0) is 17.3. The van der Waals surface area contributed by atoms with Gasteiger partial charge < -0.3 is 19.3 Å². The number of benzene rings is 1. The maximum absolute atomic E-state index is 12.6. The zero-order valence-electron chi connectivity index (χ0n) is 13.1. The summed E-state index contributed by atoms with van der Waals surface area (Å²) in [6, 6.07) is 7.92. The first-order valence-electron chi connectivity index (χ1n) is 7.43. The Bertz CT molecular complexity index is 872. The van der Waals surface area contributed by atoms with Crippen molar-refractivity contribution in [3.05, 3.63) is 58.0 Å². The fourth-order valence-electron chi connectivity index (χ4n) is 2.60. The van der Waals surface area contributed by atoms with E-state index in [0.29, 0.717) is 24.6 Å². The number of ether oxygens (including phenoxy) is 1. The summed E-state index contributed by atoms with van der Waals surface area (Å²) in [6.07, 6.45) is 1.18. The number of carboxylic acids is 1. The standard InChI is InChI=1S/C17H16N2O5/c1-11-2-4-14-13(8-11)19(6-7-24-14)16(21)10-18-9-12(17(22)23)3-5-15(18)20/h2-5,8-9H,6-7,10H2,1H3,(H,22,23). The largest absolute Gasteiger partial charge is 0.490 e. The predicted molar refractivity (Wildman–Crippen MR) is 86.7 cm³/mol. The second-order valence-corrected chi connectivity index (χ2v) is 5.55. The molecule has 1 aliphatic rings. The van der Waals surface area contributed by atoms with E-state index in [9.17, 15) is 14.4 Å². The third-order valence-corrected chi connectivity index (χ3v) is 3.81. The van der Waals surface area contributed by atoms with Crippen molar-refractivity contribution in [1.82, 2.24) is 4.57 Å². The minimum absolute atomic E-state index is 0.0411. The molecule has 1 aromatic heterocycles. The molecule has 0 spiro atoms. The van der Waals surface area contributed by atoms with Crippen molar-refractivity contribution >= 4 is 17.6 Å². The topological polar surface area (TPSA) is 88.8 Å². The van der Waals surface area contributed by atoms with Crippen LogP contribution in [0.2, 0.25) is 0 Å². The minimum atomic E-state index is -1.15. The number of anilines is 1. The van der Waals surface area contributed by atoms with Crippen molar-refractivity contribution < 1.29 is 19.4 Å². The summed E-state index contributed by atoms with van der Waals surface area (Å²) >= 11 is 0. The highest BCUT2D eigenvalue weighted by molar-refractivity contribution is 5.95. The smallest absolute Gasteiger partial charge is 0.337 e. The monoisotopic (exact) mass is 328 g/mol. The SMILES string of the molecule is Cc1ccc2c(c1)N(C(=O)Cn1cc(C(=O)O)ccc1=O)CCO2. The molecule has 7 nitrogen and oxygen atoms in total. The molecule has 0 atom stereocenters. The van der Waals surface area contributed by atoms with Crippen LogP contribution < -0.4 is 15.2 Å². The first kappa shape index (κ1) is 15.8. The molecular weight excluding hydrogens is 312 g/mol. The van der Waals surface area contributed by atoms with Crippen LogP contribution in [0.5, 0.6) is 5.75 Å². The minimum Gasteiger partial charge on any atom is -0.490 e. The number of pyridine rings is 1. The lowest BCUT2D eigenvalue weighted by Crippen LogP contribution is -2.41. The highest BCUT2D eigenvalue weighted by Gasteiger charge is 2.24. The third kappa shape index (κ3) is 3.01. The number of fused-ring (bicyclic) bond motifs is 1. The van der Waals surface area contributed by atoms with Crippen LogP contribution in [0.25, 0.3) is 0 Å². The van der Waals surface area contributed by atoms with Crippen LogP contribution in [-0.4, -0.2) is 34.7 Å². The van der Waals surface area contributed by atoms with Gasteiger partial charge in [-0.05, 0) is 30.7 Å². The summed E-state index contributed by atoms with van der Waals surface area (Å²) in [5, 5.41) is 9.02. The van der Waals surface area contributed by atoms with Crippen molar-refractivity contribution in [1.29, 1.82) is 0 Å². The van der Waals surface area contributed by atoms with Crippen LogP contribution in [0.3, 0.4) is 0 Å². The summed E-state index contributed by atoms with van der Waals surface area (Å²) in [6.45, 7) is 2.43. The van der Waals surface area contributed by atoms with Gasteiger partial charge in [0, 0.05) is 12.3 Å². The molecule has 24 heavy (non-hydrogen) atoms. The maximum atomic E-state index is 12.6. The van der Waals surface area contributed by atoms with Gasteiger partial charge in [-0.1, -0.05) is 6.07 Å². The van der Waals surface area contributed by atoms with Crippen LogP contribution >= 0.6 is 0 Å². The number of hydrogen-bond acceptors (Lipinski definition) is 4. The fraction of sp³-hybridized carbons (Fsp3) is 0.235. The Hall–Kier alpha value is -3.09.